The molecule has 0 radical (unpaired) electrons. The number of piperazine rings is 1. The van der Waals surface area contributed by atoms with Crippen LogP contribution in [0.1, 0.15) is 24.5 Å². The molecule has 1 N–H and O–H groups in total. The minimum absolute atomic E-state index is 0.430. The van der Waals surface area contributed by atoms with Gasteiger partial charge in [0.25, 0.3) is 0 Å². The first kappa shape index (κ1) is 16.3. The molecule has 1 aromatic carbocycles. The van der Waals surface area contributed by atoms with Crippen LogP contribution in [0.3, 0.4) is 0 Å². The molecule has 1 aromatic rings. The number of ether oxygens (including phenoxy) is 3. The van der Waals surface area contributed by atoms with E-state index in [9.17, 15) is 0 Å². The summed E-state index contributed by atoms with van der Waals surface area (Å²) in [5.74, 6) is 0.00765. The second-order valence-electron chi connectivity index (χ2n) is 7.41. The molecule has 0 amide bonds. The smallest absolute Gasteiger partial charge is 0.204 e. The van der Waals surface area contributed by atoms with Crippen molar-refractivity contribution in [2.45, 2.75) is 24.9 Å². The Balaban J connectivity index is 1.56. The van der Waals surface area contributed by atoms with Gasteiger partial charge in [-0.1, -0.05) is 30.3 Å². The van der Waals surface area contributed by atoms with E-state index in [2.05, 4.69) is 41.4 Å². The van der Waals surface area contributed by atoms with Gasteiger partial charge in [-0.05, 0) is 30.2 Å². The number of nitrogens with one attached hydrogen (secondary N) is 1. The average Bonchev–Trinajstić information content (AvgIpc) is 2.89. The molecule has 5 rings (SSSR count). The molecule has 2 fully saturated rings. The van der Waals surface area contributed by atoms with Crippen molar-refractivity contribution in [3.63, 3.8) is 0 Å². The molecule has 2 unspecified atom stereocenters. The van der Waals surface area contributed by atoms with E-state index in [-0.39, 0.29) is 0 Å². The fraction of sp³-hybridized carbons (Fsp3) is 0.429. The van der Waals surface area contributed by atoms with E-state index < -0.39 is 11.5 Å². The summed E-state index contributed by atoms with van der Waals surface area (Å²) in [5, 5.41) is 3.41. The van der Waals surface area contributed by atoms with Crippen molar-refractivity contribution in [3.8, 4) is 0 Å². The van der Waals surface area contributed by atoms with Crippen molar-refractivity contribution in [1.29, 1.82) is 0 Å². The van der Waals surface area contributed by atoms with Crippen LogP contribution in [0, 0.1) is 0 Å². The molecule has 136 valence electrons. The number of rotatable bonds is 1. The molecule has 26 heavy (non-hydrogen) atoms. The second-order valence-corrected chi connectivity index (χ2v) is 7.41. The topological polar surface area (TPSA) is 43.0 Å². The lowest BCUT2D eigenvalue weighted by Gasteiger charge is -2.41. The monoisotopic (exact) mass is 352 g/mol. The predicted octanol–water partition coefficient (Wildman–Crippen LogP) is 2.72. The molecule has 2 saturated heterocycles. The van der Waals surface area contributed by atoms with Gasteiger partial charge < -0.3 is 19.5 Å². The van der Waals surface area contributed by atoms with Crippen LogP contribution in [-0.4, -0.2) is 49.2 Å². The van der Waals surface area contributed by atoms with Gasteiger partial charge in [0.1, 0.15) is 11.5 Å². The number of fused-ring (bicyclic) bond motifs is 3. The van der Waals surface area contributed by atoms with Crippen LogP contribution < -0.4 is 5.32 Å². The molecule has 3 heterocycles. The SMILES string of the molecule is CC1(N2CCNCC2)COC2(CC=CC3=C2c2ccccc2C=CO3)O1. The Morgan fingerprint density at radius 3 is 2.85 bits per heavy atom. The molecule has 5 heteroatoms. The zero-order valence-electron chi connectivity index (χ0n) is 15.0. The largest absolute Gasteiger partial charge is 0.464 e. The Bertz CT molecular complexity index is 809. The number of benzene rings is 1. The predicted molar refractivity (Wildman–Crippen MR) is 99.9 cm³/mol. The second kappa shape index (κ2) is 6.06. The Hall–Kier alpha value is -1.92. The van der Waals surface area contributed by atoms with Gasteiger partial charge >= 0.3 is 0 Å². The minimum Gasteiger partial charge on any atom is -0.464 e. The van der Waals surface area contributed by atoms with Crippen molar-refractivity contribution in [2.75, 3.05) is 32.8 Å². The third-order valence-electron chi connectivity index (χ3n) is 5.70. The Morgan fingerprint density at radius 1 is 1.12 bits per heavy atom. The van der Waals surface area contributed by atoms with Crippen LogP contribution in [0.15, 0.2) is 48.4 Å². The maximum atomic E-state index is 6.76. The lowest BCUT2D eigenvalue weighted by atomic mass is 9.87. The van der Waals surface area contributed by atoms with Crippen LogP contribution in [0.25, 0.3) is 11.6 Å². The number of hydrogen-bond donors (Lipinski definition) is 1. The molecule has 4 aliphatic rings. The third-order valence-corrected chi connectivity index (χ3v) is 5.70. The third kappa shape index (κ3) is 2.47. The fourth-order valence-corrected chi connectivity index (χ4v) is 4.36. The highest BCUT2D eigenvalue weighted by atomic mass is 16.8. The number of allylic oxidation sites excluding steroid dienone is 1. The van der Waals surface area contributed by atoms with E-state index in [4.69, 9.17) is 14.2 Å². The van der Waals surface area contributed by atoms with Gasteiger partial charge in [0.15, 0.2) is 0 Å². The van der Waals surface area contributed by atoms with Crippen LogP contribution in [0.2, 0.25) is 0 Å². The van der Waals surface area contributed by atoms with Crippen LogP contribution in [0.5, 0.6) is 0 Å². The van der Waals surface area contributed by atoms with Crippen molar-refractivity contribution < 1.29 is 14.2 Å². The van der Waals surface area contributed by atoms with E-state index in [0.29, 0.717) is 13.0 Å². The molecule has 1 spiro atoms. The van der Waals surface area contributed by atoms with Gasteiger partial charge in [-0.25, -0.2) is 0 Å². The molecule has 1 aliphatic carbocycles. The van der Waals surface area contributed by atoms with E-state index in [1.807, 2.05) is 18.2 Å². The number of nitrogens with zero attached hydrogens (tertiary/aromatic N) is 1. The summed E-state index contributed by atoms with van der Waals surface area (Å²) in [6.45, 7) is 6.59. The van der Waals surface area contributed by atoms with E-state index in [1.54, 1.807) is 6.26 Å². The van der Waals surface area contributed by atoms with Gasteiger partial charge in [-0.2, -0.15) is 0 Å². The molecular weight excluding hydrogens is 328 g/mol. The Kier molecular flexibility index (Phi) is 3.79. The molecule has 2 atom stereocenters. The van der Waals surface area contributed by atoms with Crippen molar-refractivity contribution in [2.24, 2.45) is 0 Å². The summed E-state index contributed by atoms with van der Waals surface area (Å²) in [7, 11) is 0. The summed E-state index contributed by atoms with van der Waals surface area (Å²) >= 11 is 0. The first-order valence-electron chi connectivity index (χ1n) is 9.34. The van der Waals surface area contributed by atoms with Crippen molar-refractivity contribution >= 4 is 11.6 Å². The van der Waals surface area contributed by atoms with Gasteiger partial charge in [-0.15, -0.1) is 0 Å². The first-order valence-corrected chi connectivity index (χ1v) is 9.34. The highest BCUT2D eigenvalue weighted by Crippen LogP contribution is 2.49. The highest BCUT2D eigenvalue weighted by molar-refractivity contribution is 5.82. The molecule has 5 nitrogen and oxygen atoms in total. The standard InChI is InChI=1S/C21H24N2O3/c1-20(23-12-10-22-11-13-23)15-25-21(26-20)9-4-7-18-19(21)17-6-3-2-5-16(17)8-14-24-18/h2-8,14,22H,9-13,15H2,1H3. The quantitative estimate of drug-likeness (QED) is 0.842. The lowest BCUT2D eigenvalue weighted by Crippen LogP contribution is -2.57. The molecule has 3 aliphatic heterocycles. The summed E-state index contributed by atoms with van der Waals surface area (Å²) in [4.78, 5) is 2.39. The van der Waals surface area contributed by atoms with E-state index >= 15 is 0 Å². The summed E-state index contributed by atoms with van der Waals surface area (Å²) in [5.41, 5.74) is 2.81. The van der Waals surface area contributed by atoms with Gasteiger partial charge in [0.05, 0.1) is 18.4 Å². The summed E-state index contributed by atoms with van der Waals surface area (Å²) < 4.78 is 19.1. The van der Waals surface area contributed by atoms with Gasteiger partial charge in [0.2, 0.25) is 5.79 Å². The van der Waals surface area contributed by atoms with E-state index in [0.717, 1.165) is 48.6 Å². The van der Waals surface area contributed by atoms with Crippen molar-refractivity contribution in [1.82, 2.24) is 10.2 Å². The molecule has 0 aromatic heterocycles. The normalized spacial score (nSPS) is 33.7. The van der Waals surface area contributed by atoms with Gasteiger partial charge in [-0.3, -0.25) is 4.90 Å². The Labute approximate surface area is 153 Å². The maximum Gasteiger partial charge on any atom is 0.204 e. The summed E-state index contributed by atoms with van der Waals surface area (Å²) in [6, 6.07) is 8.32. The fourth-order valence-electron chi connectivity index (χ4n) is 4.36. The molecule has 0 bridgehead atoms. The average molecular weight is 352 g/mol. The van der Waals surface area contributed by atoms with Crippen LogP contribution in [-0.2, 0) is 14.2 Å². The maximum absolute atomic E-state index is 6.76. The highest BCUT2D eigenvalue weighted by Gasteiger charge is 2.55. The van der Waals surface area contributed by atoms with Gasteiger partial charge in [0, 0.05) is 32.6 Å². The number of hydrogen-bond acceptors (Lipinski definition) is 5. The minimum atomic E-state index is -0.800. The lowest BCUT2D eigenvalue weighted by molar-refractivity contribution is -0.183. The zero-order valence-corrected chi connectivity index (χ0v) is 15.0. The van der Waals surface area contributed by atoms with Crippen LogP contribution in [0.4, 0.5) is 0 Å². The van der Waals surface area contributed by atoms with E-state index in [1.165, 1.54) is 0 Å². The zero-order chi connectivity index (χ0) is 17.6. The summed E-state index contributed by atoms with van der Waals surface area (Å²) in [6.07, 6.45) is 8.55. The molecular formula is C21H24N2O3. The van der Waals surface area contributed by atoms with Crippen molar-refractivity contribution in [3.05, 3.63) is 59.6 Å². The van der Waals surface area contributed by atoms with Crippen LogP contribution >= 0.6 is 0 Å². The first-order chi connectivity index (χ1) is 12.7. The molecule has 0 saturated carbocycles. The Morgan fingerprint density at radius 2 is 1.96 bits per heavy atom.